The summed E-state index contributed by atoms with van der Waals surface area (Å²) >= 11 is 11.4. The van der Waals surface area contributed by atoms with E-state index in [1.807, 2.05) is 12.1 Å². The normalized spacial score (nSPS) is 19.3. The maximum Gasteiger partial charge on any atom is 0.256 e. The molecule has 1 aliphatic heterocycles. The van der Waals surface area contributed by atoms with Gasteiger partial charge in [0.2, 0.25) is 0 Å². The minimum absolute atomic E-state index is 0.104. The predicted octanol–water partition coefficient (Wildman–Crippen LogP) is 3.33. The molecule has 1 amide bonds. The van der Waals surface area contributed by atoms with Crippen molar-refractivity contribution in [3.8, 4) is 0 Å². The topological polar surface area (TPSA) is 20.3 Å². The van der Waals surface area contributed by atoms with E-state index in [1.165, 1.54) is 11.1 Å². The van der Waals surface area contributed by atoms with Crippen LogP contribution < -0.4 is 0 Å². The fourth-order valence-electron chi connectivity index (χ4n) is 2.48. The molecule has 0 bridgehead atoms. The molecule has 0 aromatic heterocycles. The minimum Gasteiger partial charge on any atom is -0.333 e. The van der Waals surface area contributed by atoms with Gasteiger partial charge in [0.25, 0.3) is 5.91 Å². The Morgan fingerprint density at radius 3 is 2.82 bits per heavy atom. The summed E-state index contributed by atoms with van der Waals surface area (Å²) < 4.78 is 0. The Balaban J connectivity index is 2.32. The number of hydrogen-bond donors (Lipinski definition) is 0. The largest absolute Gasteiger partial charge is 0.333 e. The molecule has 0 N–H and O–H groups in total. The summed E-state index contributed by atoms with van der Waals surface area (Å²) in [6.45, 7) is 2.77. The van der Waals surface area contributed by atoms with Crippen LogP contribution in [-0.4, -0.2) is 22.2 Å². The molecule has 1 aromatic carbocycles. The molecule has 1 aliphatic rings. The van der Waals surface area contributed by atoms with Crippen LogP contribution in [0, 0.1) is 0 Å². The van der Waals surface area contributed by atoms with Crippen LogP contribution in [0.15, 0.2) is 24.3 Å². The van der Waals surface area contributed by atoms with E-state index in [9.17, 15) is 4.79 Å². The molecule has 2 rings (SSSR count). The number of nitrogens with zero attached hydrogens (tertiary/aromatic N) is 1. The number of alkyl halides is 2. The second-order valence-corrected chi connectivity index (χ2v) is 5.30. The Hall–Kier alpha value is -0.730. The maximum absolute atomic E-state index is 11.9. The summed E-state index contributed by atoms with van der Waals surface area (Å²) in [5.41, 5.74) is 2.55. The van der Waals surface area contributed by atoms with Gasteiger partial charge in [-0.05, 0) is 24.0 Å². The van der Waals surface area contributed by atoms with Gasteiger partial charge in [0.15, 0.2) is 4.84 Å². The predicted molar refractivity (Wildman–Crippen MR) is 70.4 cm³/mol. The number of benzene rings is 1. The average Bonchev–Trinajstić information content (AvgIpc) is 2.36. The Bertz CT molecular complexity index is 420. The Morgan fingerprint density at radius 1 is 1.47 bits per heavy atom. The smallest absolute Gasteiger partial charge is 0.256 e. The third kappa shape index (κ3) is 2.43. The summed E-state index contributed by atoms with van der Waals surface area (Å²) in [4.78, 5) is 12.8. The molecule has 17 heavy (non-hydrogen) atoms. The van der Waals surface area contributed by atoms with Gasteiger partial charge in [-0.3, -0.25) is 4.79 Å². The Labute approximate surface area is 112 Å². The minimum atomic E-state index is -0.964. The van der Waals surface area contributed by atoms with Crippen LogP contribution in [0.2, 0.25) is 0 Å². The molecular formula is C13H15Cl2NO. The van der Waals surface area contributed by atoms with Crippen molar-refractivity contribution in [1.29, 1.82) is 0 Å². The molecule has 0 aliphatic carbocycles. The van der Waals surface area contributed by atoms with E-state index in [1.54, 1.807) is 4.90 Å². The van der Waals surface area contributed by atoms with Crippen LogP contribution in [0.25, 0.3) is 0 Å². The van der Waals surface area contributed by atoms with Gasteiger partial charge in [-0.1, -0.05) is 54.4 Å². The highest BCUT2D eigenvalue weighted by Gasteiger charge is 2.31. The lowest BCUT2D eigenvalue weighted by Gasteiger charge is -2.37. The summed E-state index contributed by atoms with van der Waals surface area (Å²) in [7, 11) is 0. The van der Waals surface area contributed by atoms with Crippen LogP contribution >= 0.6 is 23.2 Å². The van der Waals surface area contributed by atoms with E-state index < -0.39 is 4.84 Å². The monoisotopic (exact) mass is 271 g/mol. The lowest BCUT2D eigenvalue weighted by Crippen LogP contribution is -2.42. The zero-order valence-electron chi connectivity index (χ0n) is 9.70. The van der Waals surface area contributed by atoms with E-state index in [0.717, 1.165) is 12.8 Å². The van der Waals surface area contributed by atoms with Crippen molar-refractivity contribution in [2.45, 2.75) is 30.6 Å². The second-order valence-electron chi connectivity index (χ2n) is 4.21. The fourth-order valence-corrected chi connectivity index (χ4v) is 2.73. The lowest BCUT2D eigenvalue weighted by molar-refractivity contribution is -0.132. The van der Waals surface area contributed by atoms with E-state index in [-0.39, 0.29) is 11.9 Å². The molecule has 0 spiro atoms. The fraction of sp³-hybridized carbons (Fsp3) is 0.462. The number of carbonyl (C=O) groups is 1. The summed E-state index contributed by atoms with van der Waals surface area (Å²) in [6, 6.07) is 8.36. The molecule has 0 radical (unpaired) electrons. The first-order chi connectivity index (χ1) is 8.15. The first-order valence-corrected chi connectivity index (χ1v) is 6.69. The van der Waals surface area contributed by atoms with Crippen LogP contribution in [0.4, 0.5) is 0 Å². The maximum atomic E-state index is 11.9. The third-order valence-corrected chi connectivity index (χ3v) is 3.64. The highest BCUT2D eigenvalue weighted by Crippen LogP contribution is 2.33. The molecule has 1 atom stereocenters. The molecule has 1 unspecified atom stereocenters. The van der Waals surface area contributed by atoms with Gasteiger partial charge in [0.1, 0.15) is 0 Å². The molecule has 0 fully saturated rings. The van der Waals surface area contributed by atoms with E-state index in [0.29, 0.717) is 6.54 Å². The van der Waals surface area contributed by atoms with E-state index in [4.69, 9.17) is 23.2 Å². The quantitative estimate of drug-likeness (QED) is 0.756. The zero-order chi connectivity index (χ0) is 12.4. The number of carbonyl (C=O) groups excluding carboxylic acids is 1. The van der Waals surface area contributed by atoms with Crippen molar-refractivity contribution >= 4 is 29.1 Å². The van der Waals surface area contributed by atoms with Crippen molar-refractivity contribution < 1.29 is 4.79 Å². The number of halogens is 2. The summed E-state index contributed by atoms with van der Waals surface area (Å²) in [5.74, 6) is -0.185. The van der Waals surface area contributed by atoms with Gasteiger partial charge in [0, 0.05) is 6.54 Å². The number of hydrogen-bond acceptors (Lipinski definition) is 1. The van der Waals surface area contributed by atoms with Crippen LogP contribution in [-0.2, 0) is 11.2 Å². The third-order valence-electron chi connectivity index (χ3n) is 3.27. The molecule has 0 saturated heterocycles. The molecule has 2 nitrogen and oxygen atoms in total. The van der Waals surface area contributed by atoms with Gasteiger partial charge in [-0.25, -0.2) is 0 Å². The molecule has 92 valence electrons. The SMILES string of the molecule is CCC1c2ccccc2CCN1C(=O)C(Cl)Cl. The molecule has 0 saturated carbocycles. The van der Waals surface area contributed by atoms with Crippen molar-refractivity contribution in [3.63, 3.8) is 0 Å². The van der Waals surface area contributed by atoms with Crippen molar-refractivity contribution in [2.75, 3.05) is 6.54 Å². The van der Waals surface area contributed by atoms with Crippen LogP contribution in [0.3, 0.4) is 0 Å². The number of fused-ring (bicyclic) bond motifs is 1. The van der Waals surface area contributed by atoms with E-state index >= 15 is 0 Å². The Morgan fingerprint density at radius 2 is 2.18 bits per heavy atom. The second kappa shape index (κ2) is 5.28. The average molecular weight is 272 g/mol. The molecule has 4 heteroatoms. The van der Waals surface area contributed by atoms with Crippen molar-refractivity contribution in [1.82, 2.24) is 4.90 Å². The standard InChI is InChI=1S/C13H15Cl2NO/c1-2-11-10-6-4-3-5-9(10)7-8-16(11)13(17)12(14)15/h3-6,11-12H,2,7-8H2,1H3. The van der Waals surface area contributed by atoms with Crippen molar-refractivity contribution in [3.05, 3.63) is 35.4 Å². The van der Waals surface area contributed by atoms with Gasteiger partial charge >= 0.3 is 0 Å². The highest BCUT2D eigenvalue weighted by atomic mass is 35.5. The first-order valence-electron chi connectivity index (χ1n) is 5.81. The lowest BCUT2D eigenvalue weighted by atomic mass is 9.91. The van der Waals surface area contributed by atoms with Crippen LogP contribution in [0.5, 0.6) is 0 Å². The van der Waals surface area contributed by atoms with Crippen molar-refractivity contribution in [2.24, 2.45) is 0 Å². The summed E-state index contributed by atoms with van der Waals surface area (Å²) in [5, 5.41) is 0. The van der Waals surface area contributed by atoms with Gasteiger partial charge < -0.3 is 4.90 Å². The first kappa shape index (κ1) is 12.7. The highest BCUT2D eigenvalue weighted by molar-refractivity contribution is 6.53. The molecular weight excluding hydrogens is 257 g/mol. The molecule has 1 aromatic rings. The molecule has 1 heterocycles. The Kier molecular flexibility index (Phi) is 3.95. The van der Waals surface area contributed by atoms with Gasteiger partial charge in [-0.2, -0.15) is 0 Å². The summed E-state index contributed by atoms with van der Waals surface area (Å²) in [6.07, 6.45) is 1.75. The van der Waals surface area contributed by atoms with Gasteiger partial charge in [0.05, 0.1) is 6.04 Å². The van der Waals surface area contributed by atoms with E-state index in [2.05, 4.69) is 19.1 Å². The van der Waals surface area contributed by atoms with Crippen LogP contribution in [0.1, 0.15) is 30.5 Å². The number of amides is 1. The zero-order valence-corrected chi connectivity index (χ0v) is 11.2. The number of rotatable bonds is 2. The van der Waals surface area contributed by atoms with Gasteiger partial charge in [-0.15, -0.1) is 0 Å².